The van der Waals surface area contributed by atoms with Crippen LogP contribution in [-0.4, -0.2) is 49.9 Å². The van der Waals surface area contributed by atoms with Crippen molar-refractivity contribution in [3.63, 3.8) is 0 Å². The summed E-state index contributed by atoms with van der Waals surface area (Å²) in [7, 11) is 3.75. The van der Waals surface area contributed by atoms with Crippen LogP contribution in [-0.2, 0) is 4.79 Å². The lowest BCUT2D eigenvalue weighted by atomic mass is 10.0. The maximum Gasteiger partial charge on any atom is 0.255 e. The summed E-state index contributed by atoms with van der Waals surface area (Å²) in [6.07, 6.45) is 3.89. The molecule has 1 heterocycles. The number of carbonyl (C=O) groups excluding carboxylic acids is 2. The molecule has 1 N–H and O–H groups in total. The molecule has 0 atom stereocenters. The summed E-state index contributed by atoms with van der Waals surface area (Å²) < 4.78 is 0. The van der Waals surface area contributed by atoms with Gasteiger partial charge in [0.25, 0.3) is 5.91 Å². The normalized spacial score (nSPS) is 18.0. The van der Waals surface area contributed by atoms with Crippen LogP contribution in [0.3, 0.4) is 0 Å². The summed E-state index contributed by atoms with van der Waals surface area (Å²) in [5.41, 5.74) is 1.36. The summed E-state index contributed by atoms with van der Waals surface area (Å²) in [5.74, 6) is 0.305. The van der Waals surface area contributed by atoms with E-state index in [-0.39, 0.29) is 30.1 Å². The molecule has 0 bridgehead atoms. The Bertz CT molecular complexity index is 596. The van der Waals surface area contributed by atoms with E-state index < -0.39 is 0 Å². The summed E-state index contributed by atoms with van der Waals surface area (Å²) in [5, 5.41) is 3.28. The van der Waals surface area contributed by atoms with Crippen LogP contribution in [0.4, 0.5) is 5.69 Å². The minimum atomic E-state index is 0. The Morgan fingerprint density at radius 3 is 2.33 bits per heavy atom. The second-order valence-corrected chi connectivity index (χ2v) is 6.54. The highest BCUT2D eigenvalue weighted by molar-refractivity contribution is 6.05. The van der Waals surface area contributed by atoms with E-state index >= 15 is 0 Å². The van der Waals surface area contributed by atoms with Crippen molar-refractivity contribution in [1.29, 1.82) is 0 Å². The van der Waals surface area contributed by atoms with Gasteiger partial charge in [0, 0.05) is 32.1 Å². The van der Waals surface area contributed by atoms with Crippen molar-refractivity contribution in [3.8, 4) is 0 Å². The third-order valence-corrected chi connectivity index (χ3v) is 4.94. The van der Waals surface area contributed by atoms with E-state index in [4.69, 9.17) is 0 Å². The number of anilines is 1. The Hall–Kier alpha value is -1.59. The molecular formula is C18H26ClN3O2. The van der Waals surface area contributed by atoms with Gasteiger partial charge in [-0.1, -0.05) is 12.1 Å². The van der Waals surface area contributed by atoms with Gasteiger partial charge in [0.15, 0.2) is 0 Å². The molecule has 2 aliphatic rings. The number of amides is 2. The number of likely N-dealkylation sites (tertiary alicyclic amines) is 1. The lowest BCUT2D eigenvalue weighted by Crippen LogP contribution is -2.44. The van der Waals surface area contributed by atoms with Crippen LogP contribution in [0.1, 0.15) is 36.0 Å². The predicted molar refractivity (Wildman–Crippen MR) is 97.8 cm³/mol. The predicted octanol–water partition coefficient (Wildman–Crippen LogP) is 2.31. The van der Waals surface area contributed by atoms with E-state index in [9.17, 15) is 9.59 Å². The number of para-hydroxylation sites is 1. The maximum atomic E-state index is 12.9. The number of piperidine rings is 1. The molecule has 0 radical (unpaired) electrons. The van der Waals surface area contributed by atoms with Crippen LogP contribution in [0.2, 0.25) is 0 Å². The van der Waals surface area contributed by atoms with Gasteiger partial charge < -0.3 is 15.1 Å². The molecule has 2 amide bonds. The van der Waals surface area contributed by atoms with E-state index in [2.05, 4.69) is 5.32 Å². The SMILES string of the molecule is CNC1CCN(C(=O)c2ccccc2N(C)C(=O)C2CC2)CC1.Cl. The van der Waals surface area contributed by atoms with Crippen molar-refractivity contribution in [2.75, 3.05) is 32.1 Å². The molecule has 24 heavy (non-hydrogen) atoms. The van der Waals surface area contributed by atoms with Gasteiger partial charge in [-0.3, -0.25) is 9.59 Å². The van der Waals surface area contributed by atoms with E-state index in [1.54, 1.807) is 11.9 Å². The molecule has 6 heteroatoms. The highest BCUT2D eigenvalue weighted by atomic mass is 35.5. The Kier molecular flexibility index (Phi) is 6.24. The number of nitrogens with one attached hydrogen (secondary N) is 1. The zero-order chi connectivity index (χ0) is 16.4. The number of hydrogen-bond donors (Lipinski definition) is 1. The van der Waals surface area contributed by atoms with Crippen molar-refractivity contribution < 1.29 is 9.59 Å². The van der Waals surface area contributed by atoms with Crippen molar-refractivity contribution in [3.05, 3.63) is 29.8 Å². The second-order valence-electron chi connectivity index (χ2n) is 6.54. The van der Waals surface area contributed by atoms with Gasteiger partial charge in [-0.05, 0) is 44.9 Å². The molecule has 1 saturated heterocycles. The Labute approximate surface area is 149 Å². The first kappa shape index (κ1) is 18.7. The third-order valence-electron chi connectivity index (χ3n) is 4.94. The number of halogens is 1. The van der Waals surface area contributed by atoms with E-state index in [0.717, 1.165) is 44.5 Å². The monoisotopic (exact) mass is 351 g/mol. The van der Waals surface area contributed by atoms with E-state index in [0.29, 0.717) is 11.6 Å². The summed E-state index contributed by atoms with van der Waals surface area (Å²) in [4.78, 5) is 28.8. The first-order chi connectivity index (χ1) is 11.1. The largest absolute Gasteiger partial charge is 0.338 e. The first-order valence-corrected chi connectivity index (χ1v) is 8.45. The van der Waals surface area contributed by atoms with Gasteiger partial charge in [-0.15, -0.1) is 12.4 Å². The minimum Gasteiger partial charge on any atom is -0.338 e. The van der Waals surface area contributed by atoms with Crippen molar-refractivity contribution >= 4 is 29.9 Å². The summed E-state index contributed by atoms with van der Waals surface area (Å²) in [6.45, 7) is 1.53. The first-order valence-electron chi connectivity index (χ1n) is 8.45. The molecule has 2 fully saturated rings. The van der Waals surface area contributed by atoms with Crippen LogP contribution in [0, 0.1) is 5.92 Å². The van der Waals surface area contributed by atoms with Gasteiger partial charge in [-0.25, -0.2) is 0 Å². The zero-order valence-electron chi connectivity index (χ0n) is 14.3. The lowest BCUT2D eigenvalue weighted by molar-refractivity contribution is -0.119. The molecule has 0 aromatic heterocycles. The number of hydrogen-bond acceptors (Lipinski definition) is 3. The fourth-order valence-electron chi connectivity index (χ4n) is 3.21. The molecule has 5 nitrogen and oxygen atoms in total. The molecule has 3 rings (SSSR count). The van der Waals surface area contributed by atoms with Crippen LogP contribution in [0.5, 0.6) is 0 Å². The Morgan fingerprint density at radius 1 is 1.12 bits per heavy atom. The molecule has 132 valence electrons. The van der Waals surface area contributed by atoms with E-state index in [1.165, 1.54) is 0 Å². The number of nitrogens with zero attached hydrogens (tertiary/aromatic N) is 2. The number of carbonyl (C=O) groups is 2. The molecule has 1 saturated carbocycles. The molecule has 0 unspecified atom stereocenters. The van der Waals surface area contributed by atoms with Crippen molar-refractivity contribution in [1.82, 2.24) is 10.2 Å². The van der Waals surface area contributed by atoms with Gasteiger partial charge >= 0.3 is 0 Å². The molecule has 0 spiro atoms. The quantitative estimate of drug-likeness (QED) is 0.905. The average molecular weight is 352 g/mol. The zero-order valence-corrected chi connectivity index (χ0v) is 15.1. The third kappa shape index (κ3) is 3.90. The highest BCUT2D eigenvalue weighted by Gasteiger charge is 2.34. The molecule has 1 aliphatic carbocycles. The molecular weight excluding hydrogens is 326 g/mol. The summed E-state index contributed by atoms with van der Waals surface area (Å²) >= 11 is 0. The van der Waals surface area contributed by atoms with Crippen molar-refractivity contribution in [2.24, 2.45) is 5.92 Å². The maximum absolute atomic E-state index is 12.9. The van der Waals surface area contributed by atoms with Crippen LogP contribution in [0.15, 0.2) is 24.3 Å². The topological polar surface area (TPSA) is 52.7 Å². The van der Waals surface area contributed by atoms with Gasteiger partial charge in [0.2, 0.25) is 5.91 Å². The smallest absolute Gasteiger partial charge is 0.255 e. The van der Waals surface area contributed by atoms with Crippen LogP contribution < -0.4 is 10.2 Å². The van der Waals surface area contributed by atoms with E-state index in [1.807, 2.05) is 36.2 Å². The average Bonchev–Trinajstić information content (AvgIpc) is 3.45. The fourth-order valence-corrected chi connectivity index (χ4v) is 3.21. The van der Waals surface area contributed by atoms with Gasteiger partial charge in [-0.2, -0.15) is 0 Å². The Morgan fingerprint density at radius 2 is 1.75 bits per heavy atom. The van der Waals surface area contributed by atoms with Crippen LogP contribution >= 0.6 is 12.4 Å². The lowest BCUT2D eigenvalue weighted by Gasteiger charge is -2.32. The standard InChI is InChI=1S/C18H25N3O2.ClH/c1-19-14-9-11-21(12-10-14)18(23)15-5-3-4-6-16(15)20(2)17(22)13-7-8-13;/h3-6,13-14,19H,7-12H2,1-2H3;1H. The molecule has 1 aromatic rings. The minimum absolute atomic E-state index is 0. The number of benzene rings is 1. The second kappa shape index (κ2) is 7.99. The fraction of sp³-hybridized carbons (Fsp3) is 0.556. The Balaban J connectivity index is 0.00000208. The number of rotatable bonds is 4. The van der Waals surface area contributed by atoms with Crippen LogP contribution in [0.25, 0.3) is 0 Å². The van der Waals surface area contributed by atoms with Crippen molar-refractivity contribution in [2.45, 2.75) is 31.7 Å². The molecule has 1 aromatic carbocycles. The molecule has 1 aliphatic heterocycles. The highest BCUT2D eigenvalue weighted by Crippen LogP contribution is 2.33. The van der Waals surface area contributed by atoms with Gasteiger partial charge in [0.05, 0.1) is 11.3 Å². The van der Waals surface area contributed by atoms with Gasteiger partial charge in [0.1, 0.15) is 0 Å². The summed E-state index contributed by atoms with van der Waals surface area (Å²) in [6, 6.07) is 7.95.